The maximum Gasteiger partial charge on any atom is 0.326 e. The summed E-state index contributed by atoms with van der Waals surface area (Å²) in [6, 6.07) is 6.74. The summed E-state index contributed by atoms with van der Waals surface area (Å²) in [4.78, 5) is 14.8. The summed E-state index contributed by atoms with van der Waals surface area (Å²) in [5, 5.41) is 11.9. The van der Waals surface area contributed by atoms with Crippen LogP contribution in [0.3, 0.4) is 0 Å². The summed E-state index contributed by atoms with van der Waals surface area (Å²) in [5.74, 6) is -0.809. The van der Waals surface area contributed by atoms with E-state index in [1.165, 1.54) is 0 Å². The van der Waals surface area contributed by atoms with Gasteiger partial charge in [-0.1, -0.05) is 19.1 Å². The Hall–Kier alpha value is -2.24. The first-order chi connectivity index (χ1) is 8.52. The van der Waals surface area contributed by atoms with E-state index in [1.54, 1.807) is 0 Å². The van der Waals surface area contributed by atoms with Gasteiger partial charge in [0.2, 0.25) is 0 Å². The number of benzene rings is 1. The molecule has 6 heteroatoms. The molecule has 0 spiro atoms. The molecule has 0 fully saturated rings. The number of rotatable bonds is 6. The minimum absolute atomic E-state index is 0.0501. The van der Waals surface area contributed by atoms with Crippen molar-refractivity contribution in [2.24, 2.45) is 16.5 Å². The SMILES string of the molecule is CC[C@@H](Nc1ccc(CN=C(N)N)cc1)C(=O)O. The number of nitrogens with one attached hydrogen (secondary N) is 1. The van der Waals surface area contributed by atoms with Crippen LogP contribution in [0.5, 0.6) is 0 Å². The lowest BCUT2D eigenvalue weighted by Gasteiger charge is -2.13. The summed E-state index contributed by atoms with van der Waals surface area (Å²) in [7, 11) is 0. The Morgan fingerprint density at radius 3 is 2.44 bits per heavy atom. The van der Waals surface area contributed by atoms with E-state index < -0.39 is 12.0 Å². The molecule has 0 aliphatic carbocycles. The van der Waals surface area contributed by atoms with Crippen molar-refractivity contribution >= 4 is 17.6 Å². The van der Waals surface area contributed by atoms with Gasteiger partial charge in [0.15, 0.2) is 5.96 Å². The molecule has 1 aromatic rings. The smallest absolute Gasteiger partial charge is 0.326 e. The Morgan fingerprint density at radius 1 is 1.39 bits per heavy atom. The number of anilines is 1. The average Bonchev–Trinajstić information content (AvgIpc) is 2.34. The number of aliphatic carboxylic acids is 1. The van der Waals surface area contributed by atoms with Crippen LogP contribution in [-0.4, -0.2) is 23.1 Å². The van der Waals surface area contributed by atoms with Crippen molar-refractivity contribution in [3.63, 3.8) is 0 Å². The molecule has 0 aliphatic heterocycles. The quantitative estimate of drug-likeness (QED) is 0.439. The number of carboxylic acids is 1. The minimum atomic E-state index is -0.859. The molecule has 1 atom stereocenters. The largest absolute Gasteiger partial charge is 0.480 e. The van der Waals surface area contributed by atoms with Gasteiger partial charge in [0, 0.05) is 5.69 Å². The number of carboxylic acid groups (broad SMARTS) is 1. The van der Waals surface area contributed by atoms with E-state index in [1.807, 2.05) is 31.2 Å². The van der Waals surface area contributed by atoms with Gasteiger partial charge in [-0.05, 0) is 24.1 Å². The van der Waals surface area contributed by atoms with E-state index in [2.05, 4.69) is 10.3 Å². The molecule has 18 heavy (non-hydrogen) atoms. The zero-order valence-corrected chi connectivity index (χ0v) is 10.3. The Kier molecular flexibility index (Phi) is 4.98. The van der Waals surface area contributed by atoms with Crippen molar-refractivity contribution in [3.8, 4) is 0 Å². The van der Waals surface area contributed by atoms with E-state index in [9.17, 15) is 4.79 Å². The number of hydrogen-bond donors (Lipinski definition) is 4. The summed E-state index contributed by atoms with van der Waals surface area (Å²) in [5.41, 5.74) is 12.2. The molecular weight excluding hydrogens is 232 g/mol. The Labute approximate surface area is 106 Å². The third kappa shape index (κ3) is 4.32. The van der Waals surface area contributed by atoms with Gasteiger partial charge >= 0.3 is 5.97 Å². The molecule has 0 aromatic heterocycles. The Morgan fingerprint density at radius 2 is 2.00 bits per heavy atom. The van der Waals surface area contributed by atoms with Crippen LogP contribution in [0.4, 0.5) is 5.69 Å². The highest BCUT2D eigenvalue weighted by Gasteiger charge is 2.13. The molecule has 1 aromatic carbocycles. The van der Waals surface area contributed by atoms with E-state index in [0.717, 1.165) is 11.3 Å². The average molecular weight is 250 g/mol. The number of carbonyl (C=O) groups is 1. The van der Waals surface area contributed by atoms with Crippen LogP contribution >= 0.6 is 0 Å². The van der Waals surface area contributed by atoms with Gasteiger partial charge in [-0.3, -0.25) is 0 Å². The summed E-state index contributed by atoms with van der Waals surface area (Å²) in [6.45, 7) is 2.23. The standard InChI is InChI=1S/C12H18N4O2/c1-2-10(11(17)18)16-9-5-3-8(4-6-9)7-15-12(13)14/h3-6,10,16H,2,7H2,1H3,(H,17,18)(H4,13,14,15)/t10-/m1/s1. The molecule has 0 amide bonds. The van der Waals surface area contributed by atoms with Gasteiger partial charge in [0.1, 0.15) is 6.04 Å². The summed E-state index contributed by atoms with van der Waals surface area (Å²) < 4.78 is 0. The van der Waals surface area contributed by atoms with Crippen LogP contribution in [0.1, 0.15) is 18.9 Å². The van der Waals surface area contributed by atoms with Crippen molar-refractivity contribution in [1.29, 1.82) is 0 Å². The lowest BCUT2D eigenvalue weighted by atomic mass is 10.1. The Balaban J connectivity index is 2.65. The molecule has 98 valence electrons. The second-order valence-corrected chi connectivity index (χ2v) is 3.88. The molecular formula is C12H18N4O2. The third-order valence-electron chi connectivity index (χ3n) is 2.45. The molecule has 6 nitrogen and oxygen atoms in total. The number of hydrogen-bond acceptors (Lipinski definition) is 3. The van der Waals surface area contributed by atoms with Crippen LogP contribution in [0.25, 0.3) is 0 Å². The van der Waals surface area contributed by atoms with Crippen molar-refractivity contribution < 1.29 is 9.90 Å². The third-order valence-corrected chi connectivity index (χ3v) is 2.45. The molecule has 0 radical (unpaired) electrons. The zero-order chi connectivity index (χ0) is 13.5. The van der Waals surface area contributed by atoms with E-state index in [0.29, 0.717) is 13.0 Å². The van der Waals surface area contributed by atoms with Crippen molar-refractivity contribution in [2.45, 2.75) is 25.9 Å². The zero-order valence-electron chi connectivity index (χ0n) is 10.3. The molecule has 0 saturated heterocycles. The summed E-state index contributed by atoms with van der Waals surface area (Å²) >= 11 is 0. The molecule has 0 saturated carbocycles. The lowest BCUT2D eigenvalue weighted by Crippen LogP contribution is -2.28. The van der Waals surface area contributed by atoms with Crippen molar-refractivity contribution in [1.82, 2.24) is 0 Å². The normalized spacial score (nSPS) is 11.6. The maximum absolute atomic E-state index is 10.9. The maximum atomic E-state index is 10.9. The number of guanidine groups is 1. The van der Waals surface area contributed by atoms with E-state index in [-0.39, 0.29) is 5.96 Å². The van der Waals surface area contributed by atoms with Gasteiger partial charge in [-0.2, -0.15) is 0 Å². The van der Waals surface area contributed by atoms with Crippen LogP contribution in [0, 0.1) is 0 Å². The summed E-state index contributed by atoms with van der Waals surface area (Å²) in [6.07, 6.45) is 0.519. The number of nitrogens with two attached hydrogens (primary N) is 2. The molecule has 1 rings (SSSR count). The monoisotopic (exact) mass is 250 g/mol. The fourth-order valence-electron chi connectivity index (χ4n) is 1.43. The highest BCUT2D eigenvalue weighted by molar-refractivity contribution is 5.77. The molecule has 0 unspecified atom stereocenters. The minimum Gasteiger partial charge on any atom is -0.480 e. The fourth-order valence-corrected chi connectivity index (χ4v) is 1.43. The first kappa shape index (κ1) is 13.8. The van der Waals surface area contributed by atoms with Crippen LogP contribution in [0.15, 0.2) is 29.3 Å². The second kappa shape index (κ2) is 6.48. The van der Waals surface area contributed by atoms with Gasteiger partial charge in [0.05, 0.1) is 6.54 Å². The van der Waals surface area contributed by atoms with Crippen LogP contribution in [-0.2, 0) is 11.3 Å². The van der Waals surface area contributed by atoms with Crippen LogP contribution in [0.2, 0.25) is 0 Å². The molecule has 0 heterocycles. The predicted molar refractivity (Wildman–Crippen MR) is 71.3 cm³/mol. The van der Waals surface area contributed by atoms with Crippen molar-refractivity contribution in [2.75, 3.05) is 5.32 Å². The van der Waals surface area contributed by atoms with Crippen LogP contribution < -0.4 is 16.8 Å². The lowest BCUT2D eigenvalue weighted by molar-refractivity contribution is -0.137. The van der Waals surface area contributed by atoms with E-state index >= 15 is 0 Å². The first-order valence-corrected chi connectivity index (χ1v) is 5.66. The molecule has 0 aliphatic rings. The molecule has 6 N–H and O–H groups in total. The predicted octanol–water partition coefficient (Wildman–Crippen LogP) is 0.735. The van der Waals surface area contributed by atoms with Crippen molar-refractivity contribution in [3.05, 3.63) is 29.8 Å². The fraction of sp³-hybridized carbons (Fsp3) is 0.333. The number of nitrogens with zero attached hydrogens (tertiary/aromatic N) is 1. The number of aliphatic imine (C=N–C) groups is 1. The van der Waals surface area contributed by atoms with Gasteiger partial charge in [0.25, 0.3) is 0 Å². The van der Waals surface area contributed by atoms with Gasteiger partial charge in [-0.25, -0.2) is 9.79 Å². The first-order valence-electron chi connectivity index (χ1n) is 5.66. The highest BCUT2D eigenvalue weighted by atomic mass is 16.4. The second-order valence-electron chi connectivity index (χ2n) is 3.88. The molecule has 0 bridgehead atoms. The van der Waals surface area contributed by atoms with Gasteiger partial charge in [-0.15, -0.1) is 0 Å². The topological polar surface area (TPSA) is 114 Å². The Bertz CT molecular complexity index is 424. The highest BCUT2D eigenvalue weighted by Crippen LogP contribution is 2.12. The van der Waals surface area contributed by atoms with E-state index in [4.69, 9.17) is 16.6 Å². The van der Waals surface area contributed by atoms with Gasteiger partial charge < -0.3 is 21.9 Å².